The fourth-order valence-electron chi connectivity index (χ4n) is 1.63. The van der Waals surface area contributed by atoms with Crippen molar-refractivity contribution in [2.24, 2.45) is 0 Å². The Labute approximate surface area is 133 Å². The molecule has 0 aliphatic carbocycles. The van der Waals surface area contributed by atoms with Gasteiger partial charge in [-0.05, 0) is 24.5 Å². The van der Waals surface area contributed by atoms with Gasteiger partial charge in [0.1, 0.15) is 11.0 Å². The van der Waals surface area contributed by atoms with Gasteiger partial charge < -0.3 is 5.32 Å². The van der Waals surface area contributed by atoms with Gasteiger partial charge in [0, 0.05) is 11.8 Å². The molecule has 1 aromatic heterocycles. The molecule has 5 nitrogen and oxygen atoms in total. The van der Waals surface area contributed by atoms with Gasteiger partial charge in [0.05, 0.1) is 10.6 Å². The number of aromatic nitrogens is 2. The summed E-state index contributed by atoms with van der Waals surface area (Å²) in [6.45, 7) is 1.62. The average molecular weight is 344 g/mol. The lowest BCUT2D eigenvalue weighted by atomic mass is 10.3. The maximum absolute atomic E-state index is 11.9. The van der Waals surface area contributed by atoms with Gasteiger partial charge in [-0.1, -0.05) is 36.4 Å². The number of rotatable bonds is 5. The smallest absolute Gasteiger partial charge is 0.190 e. The van der Waals surface area contributed by atoms with Gasteiger partial charge in [0.25, 0.3) is 0 Å². The Morgan fingerprint density at radius 1 is 1.29 bits per heavy atom. The third kappa shape index (κ3) is 4.09. The highest BCUT2D eigenvalue weighted by Crippen LogP contribution is 2.23. The molecule has 0 aliphatic rings. The van der Waals surface area contributed by atoms with E-state index in [0.29, 0.717) is 21.8 Å². The van der Waals surface area contributed by atoms with Crippen LogP contribution in [0.1, 0.15) is 6.92 Å². The highest BCUT2D eigenvalue weighted by Gasteiger charge is 2.12. The molecule has 0 atom stereocenters. The van der Waals surface area contributed by atoms with Gasteiger partial charge in [-0.15, -0.1) is 0 Å². The summed E-state index contributed by atoms with van der Waals surface area (Å²) in [5, 5.41) is 3.91. The first-order valence-electron chi connectivity index (χ1n) is 6.13. The highest BCUT2D eigenvalue weighted by atomic mass is 35.5. The Morgan fingerprint density at radius 2 is 2.05 bits per heavy atom. The summed E-state index contributed by atoms with van der Waals surface area (Å²) in [6.07, 6.45) is 1.85. The van der Waals surface area contributed by atoms with Crippen LogP contribution in [0, 0.1) is 0 Å². The average Bonchev–Trinajstić information content (AvgIpc) is 2.47. The van der Waals surface area contributed by atoms with Gasteiger partial charge in [-0.25, -0.2) is 18.4 Å². The van der Waals surface area contributed by atoms with Gasteiger partial charge in [0.2, 0.25) is 0 Å². The molecule has 0 spiro atoms. The molecule has 0 saturated heterocycles. The van der Waals surface area contributed by atoms with Crippen LogP contribution in [0.3, 0.4) is 0 Å². The first-order valence-corrected chi connectivity index (χ1v) is 9.38. The summed E-state index contributed by atoms with van der Waals surface area (Å²) in [5.41, 5.74) is 0.631. The van der Waals surface area contributed by atoms with Crippen LogP contribution < -0.4 is 5.32 Å². The molecule has 0 bridgehead atoms. The fourth-order valence-corrected chi connectivity index (χ4v) is 3.17. The molecule has 21 heavy (non-hydrogen) atoms. The number of thioether (sulfide) groups is 1. The van der Waals surface area contributed by atoms with E-state index in [1.165, 1.54) is 11.8 Å². The van der Waals surface area contributed by atoms with Crippen LogP contribution in [0.4, 0.5) is 11.5 Å². The molecule has 0 amide bonds. The van der Waals surface area contributed by atoms with E-state index in [1.807, 2.05) is 6.26 Å². The molecule has 8 heteroatoms. The molecule has 0 fully saturated rings. The Hall–Kier alpha value is -1.31. The number of sulfone groups is 1. The summed E-state index contributed by atoms with van der Waals surface area (Å²) < 4.78 is 23.8. The van der Waals surface area contributed by atoms with Gasteiger partial charge >= 0.3 is 0 Å². The second-order valence-electron chi connectivity index (χ2n) is 4.12. The van der Waals surface area contributed by atoms with Crippen LogP contribution in [0.15, 0.2) is 40.4 Å². The zero-order chi connectivity index (χ0) is 15.5. The molecule has 0 unspecified atom stereocenters. The van der Waals surface area contributed by atoms with Gasteiger partial charge in [-0.2, -0.15) is 0 Å². The van der Waals surface area contributed by atoms with Crippen molar-refractivity contribution >= 4 is 44.7 Å². The molecular weight excluding hydrogens is 330 g/mol. The van der Waals surface area contributed by atoms with Gasteiger partial charge in [0.15, 0.2) is 15.0 Å². The lowest BCUT2D eigenvalue weighted by Gasteiger charge is -2.09. The van der Waals surface area contributed by atoms with E-state index in [1.54, 1.807) is 37.3 Å². The second kappa shape index (κ2) is 6.64. The first kappa shape index (κ1) is 16.1. The van der Waals surface area contributed by atoms with Crippen molar-refractivity contribution < 1.29 is 8.42 Å². The van der Waals surface area contributed by atoms with Crippen molar-refractivity contribution in [2.45, 2.75) is 17.0 Å². The van der Waals surface area contributed by atoms with Crippen molar-refractivity contribution in [1.29, 1.82) is 0 Å². The molecule has 1 N–H and O–H groups in total. The normalized spacial score (nSPS) is 11.4. The largest absolute Gasteiger partial charge is 0.340 e. The Bertz CT molecular complexity index is 751. The molecule has 0 saturated carbocycles. The van der Waals surface area contributed by atoms with E-state index in [-0.39, 0.29) is 10.6 Å². The van der Waals surface area contributed by atoms with Crippen LogP contribution >= 0.6 is 23.4 Å². The molecule has 1 aromatic carbocycles. The van der Waals surface area contributed by atoms with E-state index in [2.05, 4.69) is 15.3 Å². The number of nitrogens with zero attached hydrogens (tertiary/aromatic N) is 2. The molecular formula is C13H14ClN3O2S2. The van der Waals surface area contributed by atoms with E-state index in [0.717, 1.165) is 0 Å². The van der Waals surface area contributed by atoms with Gasteiger partial charge in [-0.3, -0.25) is 0 Å². The van der Waals surface area contributed by atoms with Crippen LogP contribution in [-0.2, 0) is 9.84 Å². The quantitative estimate of drug-likeness (QED) is 0.509. The minimum atomic E-state index is -3.24. The van der Waals surface area contributed by atoms with Crippen molar-refractivity contribution in [3.8, 4) is 0 Å². The maximum atomic E-state index is 11.9. The molecule has 0 radical (unpaired) electrons. The van der Waals surface area contributed by atoms with Crippen molar-refractivity contribution in [3.63, 3.8) is 0 Å². The molecule has 112 valence electrons. The minimum Gasteiger partial charge on any atom is -0.340 e. The van der Waals surface area contributed by atoms with Crippen molar-refractivity contribution in [2.75, 3.05) is 17.3 Å². The standard InChI is InChI=1S/C13H14ClN3O2S2/c1-3-21(18,19)10-6-4-5-9(7-10)15-12-8-11(14)16-13(17-12)20-2/h4-8H,3H2,1-2H3,(H,15,16,17). The number of benzene rings is 1. The summed E-state index contributed by atoms with van der Waals surface area (Å²) in [7, 11) is -3.24. The van der Waals surface area contributed by atoms with E-state index < -0.39 is 9.84 Å². The summed E-state index contributed by atoms with van der Waals surface area (Å²) in [4.78, 5) is 8.59. The molecule has 2 aromatic rings. The zero-order valence-electron chi connectivity index (χ0n) is 11.5. The number of halogens is 1. The highest BCUT2D eigenvalue weighted by molar-refractivity contribution is 7.98. The predicted octanol–water partition coefficient (Wildman–Crippen LogP) is 3.39. The summed E-state index contributed by atoms with van der Waals surface area (Å²) in [5.74, 6) is 0.581. The van der Waals surface area contributed by atoms with Crippen molar-refractivity contribution in [1.82, 2.24) is 9.97 Å². The number of hydrogen-bond acceptors (Lipinski definition) is 6. The number of hydrogen-bond donors (Lipinski definition) is 1. The first-order chi connectivity index (χ1) is 9.94. The maximum Gasteiger partial charge on any atom is 0.190 e. The third-order valence-electron chi connectivity index (χ3n) is 2.70. The Balaban J connectivity index is 2.32. The van der Waals surface area contributed by atoms with E-state index in [9.17, 15) is 8.42 Å². The van der Waals surface area contributed by atoms with Crippen LogP contribution in [-0.4, -0.2) is 30.4 Å². The topological polar surface area (TPSA) is 72.0 Å². The Kier molecular flexibility index (Phi) is 5.08. The zero-order valence-corrected chi connectivity index (χ0v) is 13.9. The lowest BCUT2D eigenvalue weighted by Crippen LogP contribution is -2.04. The molecule has 0 aliphatic heterocycles. The summed E-state index contributed by atoms with van der Waals surface area (Å²) in [6, 6.07) is 8.19. The Morgan fingerprint density at radius 3 is 2.71 bits per heavy atom. The SMILES string of the molecule is CCS(=O)(=O)c1cccc(Nc2cc(Cl)nc(SC)n2)c1. The monoisotopic (exact) mass is 343 g/mol. The molecule has 1 heterocycles. The van der Waals surface area contributed by atoms with Crippen LogP contribution in [0.2, 0.25) is 5.15 Å². The second-order valence-corrected chi connectivity index (χ2v) is 7.56. The summed E-state index contributed by atoms with van der Waals surface area (Å²) >= 11 is 7.30. The van der Waals surface area contributed by atoms with Crippen LogP contribution in [0.5, 0.6) is 0 Å². The fraction of sp³-hybridized carbons (Fsp3) is 0.231. The number of nitrogens with one attached hydrogen (secondary N) is 1. The van der Waals surface area contributed by atoms with Crippen LogP contribution in [0.25, 0.3) is 0 Å². The third-order valence-corrected chi connectivity index (χ3v) is 5.18. The van der Waals surface area contributed by atoms with Crippen molar-refractivity contribution in [3.05, 3.63) is 35.5 Å². The molecule has 2 rings (SSSR count). The van der Waals surface area contributed by atoms with E-state index >= 15 is 0 Å². The minimum absolute atomic E-state index is 0.0619. The predicted molar refractivity (Wildman–Crippen MR) is 86.3 cm³/mol. The number of anilines is 2. The van der Waals surface area contributed by atoms with E-state index in [4.69, 9.17) is 11.6 Å². The lowest BCUT2D eigenvalue weighted by molar-refractivity contribution is 0.597.